The molecule has 0 aliphatic heterocycles. The highest BCUT2D eigenvalue weighted by molar-refractivity contribution is 7.92. The lowest BCUT2D eigenvalue weighted by atomic mass is 10.1. The predicted octanol–water partition coefficient (Wildman–Crippen LogP) is 4.84. The van der Waals surface area contributed by atoms with Gasteiger partial charge in [0.25, 0.3) is 10.0 Å². The van der Waals surface area contributed by atoms with Gasteiger partial charge in [-0.3, -0.25) is 13.9 Å². The summed E-state index contributed by atoms with van der Waals surface area (Å²) >= 11 is 0. The van der Waals surface area contributed by atoms with Gasteiger partial charge in [-0.25, -0.2) is 8.42 Å². The number of carbonyl (C=O) groups is 2. The van der Waals surface area contributed by atoms with Gasteiger partial charge in [0.2, 0.25) is 11.8 Å². The number of ether oxygens (including phenoxy) is 1. The fourth-order valence-electron chi connectivity index (χ4n) is 4.60. The van der Waals surface area contributed by atoms with E-state index in [4.69, 9.17) is 4.74 Å². The first-order valence-electron chi connectivity index (χ1n) is 13.5. The van der Waals surface area contributed by atoms with Crippen molar-refractivity contribution >= 4 is 27.5 Å². The van der Waals surface area contributed by atoms with Gasteiger partial charge < -0.3 is 15.0 Å². The van der Waals surface area contributed by atoms with Gasteiger partial charge in [-0.05, 0) is 79.8 Å². The molecule has 0 heterocycles. The van der Waals surface area contributed by atoms with Crippen LogP contribution in [0.4, 0.5) is 5.69 Å². The van der Waals surface area contributed by atoms with Crippen molar-refractivity contribution in [2.45, 2.75) is 58.0 Å². The maximum atomic E-state index is 14.1. The minimum atomic E-state index is -4.10. The van der Waals surface area contributed by atoms with E-state index in [1.165, 1.54) is 17.0 Å². The second kappa shape index (κ2) is 14.0. The Bertz CT molecular complexity index is 1390. The Hall–Kier alpha value is -3.85. The van der Waals surface area contributed by atoms with Crippen molar-refractivity contribution in [2.75, 3.05) is 24.5 Å². The van der Waals surface area contributed by atoms with Crippen LogP contribution in [0.25, 0.3) is 0 Å². The number of hydrogen-bond acceptors (Lipinski definition) is 5. The summed E-state index contributed by atoms with van der Waals surface area (Å²) in [6, 6.07) is 20.0. The molecule has 1 atom stereocenters. The van der Waals surface area contributed by atoms with Crippen LogP contribution in [0.15, 0.2) is 77.7 Å². The largest absolute Gasteiger partial charge is 0.497 e. The van der Waals surface area contributed by atoms with Crippen molar-refractivity contribution in [1.29, 1.82) is 0 Å². The van der Waals surface area contributed by atoms with Gasteiger partial charge in [-0.2, -0.15) is 0 Å². The average Bonchev–Trinajstić information content (AvgIpc) is 2.94. The van der Waals surface area contributed by atoms with Crippen LogP contribution in [0.3, 0.4) is 0 Å². The molecule has 0 aromatic heterocycles. The van der Waals surface area contributed by atoms with Crippen LogP contribution in [-0.4, -0.2) is 51.4 Å². The number of anilines is 1. The Balaban J connectivity index is 2.08. The molecule has 40 heavy (non-hydrogen) atoms. The Labute approximate surface area is 238 Å². The number of rotatable bonds is 13. The molecule has 2 amide bonds. The Morgan fingerprint density at radius 2 is 1.60 bits per heavy atom. The molecule has 0 aliphatic rings. The topological polar surface area (TPSA) is 96.0 Å². The van der Waals surface area contributed by atoms with E-state index in [-0.39, 0.29) is 17.3 Å². The average molecular weight is 566 g/mol. The normalized spacial score (nSPS) is 11.9. The Morgan fingerprint density at radius 3 is 2.20 bits per heavy atom. The zero-order chi connectivity index (χ0) is 29.3. The minimum absolute atomic E-state index is 0.0778. The molecule has 0 fully saturated rings. The first kappa shape index (κ1) is 30.7. The number of benzene rings is 3. The van der Waals surface area contributed by atoms with Crippen molar-refractivity contribution < 1.29 is 22.7 Å². The van der Waals surface area contributed by atoms with Gasteiger partial charge in [0.15, 0.2) is 0 Å². The fraction of sp³-hybridized carbons (Fsp3) is 0.355. The quantitative estimate of drug-likeness (QED) is 0.320. The number of nitrogens with one attached hydrogen (secondary N) is 1. The molecule has 9 heteroatoms. The maximum Gasteiger partial charge on any atom is 0.264 e. The van der Waals surface area contributed by atoms with Gasteiger partial charge >= 0.3 is 0 Å². The molecule has 0 unspecified atom stereocenters. The number of methoxy groups -OCH3 is 1. The number of nitrogens with zero attached hydrogens (tertiary/aromatic N) is 2. The maximum absolute atomic E-state index is 14.1. The summed E-state index contributed by atoms with van der Waals surface area (Å²) in [5, 5.41) is 2.89. The monoisotopic (exact) mass is 565 g/mol. The summed E-state index contributed by atoms with van der Waals surface area (Å²) in [6.07, 6.45) is 1.11. The molecule has 3 aromatic rings. The third kappa shape index (κ3) is 7.63. The third-order valence-electron chi connectivity index (χ3n) is 6.53. The van der Waals surface area contributed by atoms with Crippen LogP contribution < -0.4 is 14.4 Å². The van der Waals surface area contributed by atoms with Crippen LogP contribution in [0.1, 0.15) is 43.4 Å². The molecule has 0 saturated carbocycles. The van der Waals surface area contributed by atoms with Crippen molar-refractivity contribution in [3.8, 4) is 5.75 Å². The second-order valence-corrected chi connectivity index (χ2v) is 11.6. The molecule has 0 spiro atoms. The second-order valence-electron chi connectivity index (χ2n) is 9.76. The SMILES string of the molecule is CCCNC(=O)[C@@H](CC)N(Cc1cccc(OC)c1)C(=O)CN(c1cc(C)cc(C)c1)S(=O)(=O)c1ccccc1. The molecular weight excluding hydrogens is 526 g/mol. The highest BCUT2D eigenvalue weighted by Gasteiger charge is 2.33. The fourth-order valence-corrected chi connectivity index (χ4v) is 6.01. The molecule has 214 valence electrons. The van der Waals surface area contributed by atoms with Crippen LogP contribution >= 0.6 is 0 Å². The van der Waals surface area contributed by atoms with Crippen LogP contribution in [0.5, 0.6) is 5.75 Å². The Morgan fingerprint density at radius 1 is 0.925 bits per heavy atom. The zero-order valence-electron chi connectivity index (χ0n) is 23.9. The Kier molecular flexibility index (Phi) is 10.7. The molecule has 0 saturated heterocycles. The van der Waals surface area contributed by atoms with E-state index in [2.05, 4.69) is 5.32 Å². The van der Waals surface area contributed by atoms with Crippen LogP contribution in [0, 0.1) is 13.8 Å². The summed E-state index contributed by atoms with van der Waals surface area (Å²) in [5.41, 5.74) is 2.89. The van der Waals surface area contributed by atoms with E-state index in [1.54, 1.807) is 49.6 Å². The lowest BCUT2D eigenvalue weighted by Gasteiger charge is -2.33. The first-order chi connectivity index (χ1) is 19.1. The van der Waals surface area contributed by atoms with Crippen molar-refractivity contribution in [2.24, 2.45) is 0 Å². The first-order valence-corrected chi connectivity index (χ1v) is 14.9. The minimum Gasteiger partial charge on any atom is -0.497 e. The molecule has 0 radical (unpaired) electrons. The van der Waals surface area contributed by atoms with Crippen molar-refractivity contribution in [3.05, 3.63) is 89.5 Å². The zero-order valence-corrected chi connectivity index (χ0v) is 24.7. The van der Waals surface area contributed by atoms with E-state index in [0.717, 1.165) is 27.4 Å². The highest BCUT2D eigenvalue weighted by Crippen LogP contribution is 2.27. The molecule has 0 bridgehead atoms. The molecule has 3 aromatic carbocycles. The summed E-state index contributed by atoms with van der Waals surface area (Å²) in [4.78, 5) is 28.9. The summed E-state index contributed by atoms with van der Waals surface area (Å²) < 4.78 is 34.3. The lowest BCUT2D eigenvalue weighted by molar-refractivity contribution is -0.140. The van der Waals surface area contributed by atoms with E-state index < -0.39 is 28.5 Å². The van der Waals surface area contributed by atoms with Crippen molar-refractivity contribution in [1.82, 2.24) is 10.2 Å². The van der Waals surface area contributed by atoms with E-state index >= 15 is 0 Å². The van der Waals surface area contributed by atoms with E-state index in [0.29, 0.717) is 24.4 Å². The standard InChI is InChI=1S/C31H39N3O5S/c1-6-16-32-31(36)29(7-2)33(21-25-12-11-13-27(20-25)39-5)30(35)22-34(26-18-23(3)17-24(4)19-26)40(37,38)28-14-9-8-10-15-28/h8-15,17-20,29H,6-7,16,21-22H2,1-5H3,(H,32,36)/t29-/m1/s1. The smallest absolute Gasteiger partial charge is 0.264 e. The van der Waals surface area contributed by atoms with Gasteiger partial charge in [0, 0.05) is 13.1 Å². The van der Waals surface area contributed by atoms with E-state index in [9.17, 15) is 18.0 Å². The van der Waals surface area contributed by atoms with Crippen LogP contribution in [-0.2, 0) is 26.2 Å². The number of amides is 2. The summed E-state index contributed by atoms with van der Waals surface area (Å²) in [7, 11) is -2.54. The van der Waals surface area contributed by atoms with Gasteiger partial charge in [-0.1, -0.05) is 50.2 Å². The number of sulfonamides is 1. The van der Waals surface area contributed by atoms with Gasteiger partial charge in [0.1, 0.15) is 18.3 Å². The lowest BCUT2D eigenvalue weighted by Crippen LogP contribution is -2.52. The number of carbonyl (C=O) groups excluding carboxylic acids is 2. The van der Waals surface area contributed by atoms with E-state index in [1.807, 2.05) is 45.9 Å². The molecule has 3 rings (SSSR count). The summed E-state index contributed by atoms with van der Waals surface area (Å²) in [6.45, 7) is 7.67. The molecule has 8 nitrogen and oxygen atoms in total. The number of aryl methyl sites for hydroxylation is 2. The van der Waals surface area contributed by atoms with Gasteiger partial charge in [-0.15, -0.1) is 0 Å². The summed E-state index contributed by atoms with van der Waals surface area (Å²) in [5.74, 6) is -0.138. The highest BCUT2D eigenvalue weighted by atomic mass is 32.2. The predicted molar refractivity (Wildman–Crippen MR) is 158 cm³/mol. The third-order valence-corrected chi connectivity index (χ3v) is 8.31. The van der Waals surface area contributed by atoms with Crippen LogP contribution in [0.2, 0.25) is 0 Å². The van der Waals surface area contributed by atoms with Gasteiger partial charge in [0.05, 0.1) is 17.7 Å². The number of hydrogen-bond donors (Lipinski definition) is 1. The van der Waals surface area contributed by atoms with Crippen molar-refractivity contribution in [3.63, 3.8) is 0 Å². The molecule has 1 N–H and O–H groups in total. The molecular formula is C31H39N3O5S. The molecule has 0 aliphatic carbocycles.